The van der Waals surface area contributed by atoms with E-state index < -0.39 is 7.12 Å². The predicted molar refractivity (Wildman–Crippen MR) is 122 cm³/mol. The number of carbonyl (C=O) groups excluding carboxylic acids is 1. The Labute approximate surface area is 187 Å². The molecule has 6 nitrogen and oxygen atoms in total. The van der Waals surface area contributed by atoms with Gasteiger partial charge in [0.05, 0.1) is 6.61 Å². The SMILES string of the molecule is O=C(CCCc1ccc(N(CCCl)CCCl)cc1)NOCc1ccc(B(O)O)cc1. The summed E-state index contributed by atoms with van der Waals surface area (Å²) in [7, 11) is -1.49. The van der Waals surface area contributed by atoms with Crippen LogP contribution >= 0.6 is 23.2 Å². The number of anilines is 1. The number of halogens is 2. The number of hydroxylamine groups is 1. The lowest BCUT2D eigenvalue weighted by atomic mass is 9.80. The number of alkyl halides is 2. The number of hydrogen-bond acceptors (Lipinski definition) is 5. The Hall–Kier alpha value is -1.77. The molecule has 1 amide bonds. The lowest BCUT2D eigenvalue weighted by Crippen LogP contribution is -2.29. The molecular weight excluding hydrogens is 426 g/mol. The molecule has 9 heteroatoms. The molecule has 2 aromatic rings. The summed E-state index contributed by atoms with van der Waals surface area (Å²) < 4.78 is 0. The number of nitrogens with one attached hydrogen (secondary N) is 1. The maximum Gasteiger partial charge on any atom is 0.488 e. The molecule has 2 rings (SSSR count). The predicted octanol–water partition coefficient (Wildman–Crippen LogP) is 2.22. The van der Waals surface area contributed by atoms with Gasteiger partial charge < -0.3 is 14.9 Å². The lowest BCUT2D eigenvalue weighted by Gasteiger charge is -2.23. The topological polar surface area (TPSA) is 82.0 Å². The van der Waals surface area contributed by atoms with E-state index in [0.29, 0.717) is 30.1 Å². The number of aryl methyl sites for hydroxylation is 1. The van der Waals surface area contributed by atoms with Crippen molar-refractivity contribution in [2.24, 2.45) is 0 Å². The van der Waals surface area contributed by atoms with Gasteiger partial charge in [-0.3, -0.25) is 9.63 Å². The van der Waals surface area contributed by atoms with Gasteiger partial charge in [-0.1, -0.05) is 36.4 Å². The van der Waals surface area contributed by atoms with Gasteiger partial charge in [-0.2, -0.15) is 0 Å². The fraction of sp³-hybridized carbons (Fsp3) is 0.381. The van der Waals surface area contributed by atoms with Gasteiger partial charge in [-0.25, -0.2) is 5.48 Å². The van der Waals surface area contributed by atoms with Crippen LogP contribution < -0.4 is 15.8 Å². The third kappa shape index (κ3) is 8.54. The van der Waals surface area contributed by atoms with Gasteiger partial charge in [-0.05, 0) is 41.6 Å². The van der Waals surface area contributed by atoms with E-state index in [-0.39, 0.29) is 12.5 Å². The number of hydrogen-bond donors (Lipinski definition) is 3. The van der Waals surface area contributed by atoms with E-state index in [9.17, 15) is 4.79 Å². The Kier molecular flexibility index (Phi) is 11.0. The second kappa shape index (κ2) is 13.5. The first kappa shape index (κ1) is 24.5. The fourth-order valence-electron chi connectivity index (χ4n) is 2.94. The van der Waals surface area contributed by atoms with E-state index in [1.807, 2.05) is 0 Å². The molecule has 0 atom stereocenters. The first-order chi connectivity index (χ1) is 14.5. The van der Waals surface area contributed by atoms with Gasteiger partial charge >= 0.3 is 7.12 Å². The molecule has 0 radical (unpaired) electrons. The molecule has 0 aliphatic heterocycles. The van der Waals surface area contributed by atoms with Crippen LogP contribution in [-0.2, 0) is 22.7 Å². The molecule has 0 bridgehead atoms. The van der Waals surface area contributed by atoms with E-state index in [1.54, 1.807) is 24.3 Å². The molecule has 0 unspecified atom stereocenters. The standard InChI is InChI=1S/C21H27BCl2N2O4/c23-12-14-26(15-13-24)20-10-6-17(7-11-20)2-1-3-21(27)25-30-16-18-4-8-19(9-5-18)22(28)29/h4-11,28-29H,1-3,12-16H2,(H,25,27). The molecule has 0 aliphatic carbocycles. The highest BCUT2D eigenvalue weighted by Crippen LogP contribution is 2.17. The molecular formula is C21H27BCl2N2O4. The summed E-state index contributed by atoms with van der Waals surface area (Å²) in [5, 5.41) is 18.1. The minimum atomic E-state index is -1.49. The summed E-state index contributed by atoms with van der Waals surface area (Å²) in [4.78, 5) is 19.3. The normalized spacial score (nSPS) is 10.7. The minimum absolute atomic E-state index is 0.176. The molecule has 3 N–H and O–H groups in total. The first-order valence-corrected chi connectivity index (χ1v) is 10.9. The largest absolute Gasteiger partial charge is 0.488 e. The average molecular weight is 453 g/mol. The van der Waals surface area contributed by atoms with Crippen molar-refractivity contribution in [1.82, 2.24) is 5.48 Å². The summed E-state index contributed by atoms with van der Waals surface area (Å²) in [5.74, 6) is 0.921. The average Bonchev–Trinajstić information content (AvgIpc) is 2.74. The van der Waals surface area contributed by atoms with Crippen molar-refractivity contribution in [3.63, 3.8) is 0 Å². The zero-order valence-electron chi connectivity index (χ0n) is 16.8. The van der Waals surface area contributed by atoms with Crippen LogP contribution in [0.1, 0.15) is 24.0 Å². The van der Waals surface area contributed by atoms with Crippen LogP contribution in [-0.4, -0.2) is 47.9 Å². The molecule has 2 aromatic carbocycles. The molecule has 30 heavy (non-hydrogen) atoms. The van der Waals surface area contributed by atoms with Gasteiger partial charge in [0.1, 0.15) is 0 Å². The zero-order valence-corrected chi connectivity index (χ0v) is 18.3. The minimum Gasteiger partial charge on any atom is -0.423 e. The second-order valence-corrected chi connectivity index (χ2v) is 7.57. The van der Waals surface area contributed by atoms with E-state index in [1.165, 1.54) is 0 Å². The van der Waals surface area contributed by atoms with Gasteiger partial charge in [0.15, 0.2) is 0 Å². The Bertz CT molecular complexity index is 755. The lowest BCUT2D eigenvalue weighted by molar-refractivity contribution is -0.134. The third-order valence-electron chi connectivity index (χ3n) is 4.58. The molecule has 0 saturated heterocycles. The maximum absolute atomic E-state index is 11.9. The van der Waals surface area contributed by atoms with Gasteiger partial charge in [-0.15, -0.1) is 23.2 Å². The van der Waals surface area contributed by atoms with Gasteiger partial charge in [0, 0.05) is 37.0 Å². The molecule has 0 saturated carbocycles. The molecule has 0 heterocycles. The molecule has 0 fully saturated rings. The Morgan fingerprint density at radius 3 is 2.13 bits per heavy atom. The maximum atomic E-state index is 11.9. The van der Waals surface area contributed by atoms with Crippen molar-refractivity contribution < 1.29 is 19.7 Å². The first-order valence-electron chi connectivity index (χ1n) is 9.85. The summed E-state index contributed by atoms with van der Waals surface area (Å²) >= 11 is 11.7. The summed E-state index contributed by atoms with van der Waals surface area (Å²) in [6.07, 6.45) is 1.87. The van der Waals surface area contributed by atoms with Crippen molar-refractivity contribution in [2.75, 3.05) is 29.7 Å². The Morgan fingerprint density at radius 1 is 0.967 bits per heavy atom. The van der Waals surface area contributed by atoms with E-state index >= 15 is 0 Å². The zero-order chi connectivity index (χ0) is 21.8. The Balaban J connectivity index is 1.67. The third-order valence-corrected chi connectivity index (χ3v) is 4.92. The van der Waals surface area contributed by atoms with Crippen LogP contribution in [0.2, 0.25) is 0 Å². The molecule has 0 spiro atoms. The van der Waals surface area contributed by atoms with Crippen molar-refractivity contribution in [3.8, 4) is 0 Å². The van der Waals surface area contributed by atoms with Crippen LogP contribution in [0.25, 0.3) is 0 Å². The van der Waals surface area contributed by atoms with Crippen LogP contribution in [0.5, 0.6) is 0 Å². The van der Waals surface area contributed by atoms with Crippen molar-refractivity contribution in [1.29, 1.82) is 0 Å². The number of nitrogens with zero attached hydrogens (tertiary/aromatic N) is 1. The van der Waals surface area contributed by atoms with Crippen molar-refractivity contribution >= 4 is 47.4 Å². The fourth-order valence-corrected chi connectivity index (χ4v) is 3.35. The van der Waals surface area contributed by atoms with Crippen LogP contribution in [0.4, 0.5) is 5.69 Å². The number of carbonyl (C=O) groups is 1. The van der Waals surface area contributed by atoms with Crippen LogP contribution in [0, 0.1) is 0 Å². The van der Waals surface area contributed by atoms with Gasteiger partial charge in [0.25, 0.3) is 0 Å². The summed E-state index contributed by atoms with van der Waals surface area (Å²) in [6, 6.07) is 14.9. The van der Waals surface area contributed by atoms with Crippen LogP contribution in [0.15, 0.2) is 48.5 Å². The summed E-state index contributed by atoms with van der Waals surface area (Å²) in [5.41, 5.74) is 5.91. The highest BCUT2D eigenvalue weighted by atomic mass is 35.5. The Morgan fingerprint density at radius 2 is 1.57 bits per heavy atom. The molecule has 162 valence electrons. The number of benzene rings is 2. The van der Waals surface area contributed by atoms with Gasteiger partial charge in [0.2, 0.25) is 5.91 Å². The molecule has 0 aliphatic rings. The van der Waals surface area contributed by atoms with E-state index in [2.05, 4.69) is 34.6 Å². The quantitative estimate of drug-likeness (QED) is 0.246. The van der Waals surface area contributed by atoms with Crippen molar-refractivity contribution in [3.05, 3.63) is 59.7 Å². The second-order valence-electron chi connectivity index (χ2n) is 6.81. The summed E-state index contributed by atoms with van der Waals surface area (Å²) in [6.45, 7) is 1.71. The van der Waals surface area contributed by atoms with Crippen molar-refractivity contribution in [2.45, 2.75) is 25.9 Å². The highest BCUT2D eigenvalue weighted by Gasteiger charge is 2.10. The highest BCUT2D eigenvalue weighted by molar-refractivity contribution is 6.58. The molecule has 0 aromatic heterocycles. The van der Waals surface area contributed by atoms with Crippen LogP contribution in [0.3, 0.4) is 0 Å². The smallest absolute Gasteiger partial charge is 0.423 e. The van der Waals surface area contributed by atoms with E-state index in [0.717, 1.165) is 36.3 Å². The number of amides is 1. The number of rotatable bonds is 13. The van der Waals surface area contributed by atoms with E-state index in [4.69, 9.17) is 38.1 Å². The monoisotopic (exact) mass is 452 g/mol.